The average molecular weight is 251 g/mol. The predicted molar refractivity (Wildman–Crippen MR) is 71.8 cm³/mol. The Kier molecular flexibility index (Phi) is 5.58. The van der Waals surface area contributed by atoms with E-state index in [1.165, 1.54) is 0 Å². The highest BCUT2D eigenvalue weighted by atomic mass is 16.5. The Morgan fingerprint density at radius 1 is 1.39 bits per heavy atom. The van der Waals surface area contributed by atoms with E-state index in [0.29, 0.717) is 11.6 Å². The molecule has 1 heterocycles. The lowest BCUT2D eigenvalue weighted by atomic mass is 10.3. The van der Waals surface area contributed by atoms with Crippen LogP contribution in [0.3, 0.4) is 0 Å². The standard InChI is InChI=1S/C13H21N3O2/c1-9(2)15-8-12(17)16-11-6-5-7-14-13(11)18-10(3)4/h5-7,9-10,15H,8H2,1-4H3,(H,16,17). The third-order valence-electron chi connectivity index (χ3n) is 2.06. The van der Waals surface area contributed by atoms with Gasteiger partial charge in [-0.15, -0.1) is 0 Å². The summed E-state index contributed by atoms with van der Waals surface area (Å²) in [5.74, 6) is 0.343. The monoisotopic (exact) mass is 251 g/mol. The van der Waals surface area contributed by atoms with Crippen LogP contribution in [0.5, 0.6) is 5.88 Å². The molecular weight excluding hydrogens is 230 g/mol. The normalized spacial score (nSPS) is 10.8. The Labute approximate surface area is 108 Å². The maximum Gasteiger partial charge on any atom is 0.238 e. The van der Waals surface area contributed by atoms with E-state index in [4.69, 9.17) is 4.74 Å². The number of hydrogen-bond donors (Lipinski definition) is 2. The number of anilines is 1. The van der Waals surface area contributed by atoms with E-state index >= 15 is 0 Å². The summed E-state index contributed by atoms with van der Waals surface area (Å²) in [6.07, 6.45) is 1.66. The third-order valence-corrected chi connectivity index (χ3v) is 2.06. The van der Waals surface area contributed by atoms with Crippen LogP contribution in [0.1, 0.15) is 27.7 Å². The molecule has 0 unspecified atom stereocenters. The highest BCUT2D eigenvalue weighted by molar-refractivity contribution is 5.93. The minimum atomic E-state index is -0.106. The van der Waals surface area contributed by atoms with Gasteiger partial charge in [0.05, 0.1) is 12.6 Å². The van der Waals surface area contributed by atoms with Crippen LogP contribution in [-0.4, -0.2) is 29.6 Å². The Balaban J connectivity index is 2.63. The molecule has 0 aliphatic rings. The summed E-state index contributed by atoms with van der Waals surface area (Å²) < 4.78 is 5.53. The SMILES string of the molecule is CC(C)NCC(=O)Nc1cccnc1OC(C)C. The van der Waals surface area contributed by atoms with Crippen molar-refractivity contribution in [2.45, 2.75) is 39.8 Å². The summed E-state index contributed by atoms with van der Waals surface area (Å²) in [4.78, 5) is 15.8. The molecule has 1 amide bonds. The Morgan fingerprint density at radius 2 is 2.11 bits per heavy atom. The molecule has 1 rings (SSSR count). The molecule has 0 bridgehead atoms. The van der Waals surface area contributed by atoms with Crippen molar-refractivity contribution in [2.24, 2.45) is 0 Å². The van der Waals surface area contributed by atoms with Crippen molar-refractivity contribution in [3.05, 3.63) is 18.3 Å². The van der Waals surface area contributed by atoms with Crippen LogP contribution in [0, 0.1) is 0 Å². The van der Waals surface area contributed by atoms with Crippen molar-refractivity contribution >= 4 is 11.6 Å². The highest BCUT2D eigenvalue weighted by Gasteiger charge is 2.10. The molecule has 0 aromatic carbocycles. The van der Waals surface area contributed by atoms with E-state index in [-0.39, 0.29) is 24.6 Å². The number of amides is 1. The lowest BCUT2D eigenvalue weighted by Gasteiger charge is -2.14. The van der Waals surface area contributed by atoms with Crippen LogP contribution in [0.25, 0.3) is 0 Å². The first-order valence-electron chi connectivity index (χ1n) is 6.14. The maximum atomic E-state index is 11.7. The van der Waals surface area contributed by atoms with E-state index < -0.39 is 0 Å². The van der Waals surface area contributed by atoms with Gasteiger partial charge in [-0.05, 0) is 26.0 Å². The fraction of sp³-hybridized carbons (Fsp3) is 0.538. The average Bonchev–Trinajstić information content (AvgIpc) is 2.28. The van der Waals surface area contributed by atoms with Crippen LogP contribution < -0.4 is 15.4 Å². The molecule has 0 radical (unpaired) electrons. The van der Waals surface area contributed by atoms with Crippen LogP contribution in [0.15, 0.2) is 18.3 Å². The highest BCUT2D eigenvalue weighted by Crippen LogP contribution is 2.21. The van der Waals surface area contributed by atoms with E-state index in [1.807, 2.05) is 27.7 Å². The second kappa shape index (κ2) is 6.96. The maximum absolute atomic E-state index is 11.7. The van der Waals surface area contributed by atoms with Gasteiger partial charge in [-0.25, -0.2) is 4.98 Å². The first-order valence-corrected chi connectivity index (χ1v) is 6.14. The molecule has 1 aromatic heterocycles. The van der Waals surface area contributed by atoms with Gasteiger partial charge < -0.3 is 15.4 Å². The van der Waals surface area contributed by atoms with E-state index in [0.717, 1.165) is 0 Å². The number of hydrogen-bond acceptors (Lipinski definition) is 4. The summed E-state index contributed by atoms with van der Waals surface area (Å²) in [6, 6.07) is 3.81. The molecule has 0 aliphatic carbocycles. The fourth-order valence-electron chi connectivity index (χ4n) is 1.29. The van der Waals surface area contributed by atoms with Gasteiger partial charge in [-0.3, -0.25) is 4.79 Å². The Hall–Kier alpha value is -1.62. The van der Waals surface area contributed by atoms with Crippen molar-refractivity contribution in [3.8, 4) is 5.88 Å². The minimum Gasteiger partial charge on any atom is -0.473 e. The number of rotatable bonds is 6. The minimum absolute atomic E-state index is 0.0179. The Bertz CT molecular complexity index is 392. The first kappa shape index (κ1) is 14.4. The van der Waals surface area contributed by atoms with E-state index in [1.54, 1.807) is 18.3 Å². The van der Waals surface area contributed by atoms with Crippen molar-refractivity contribution < 1.29 is 9.53 Å². The summed E-state index contributed by atoms with van der Waals surface area (Å²) in [5.41, 5.74) is 0.599. The zero-order valence-corrected chi connectivity index (χ0v) is 11.4. The smallest absolute Gasteiger partial charge is 0.238 e. The quantitative estimate of drug-likeness (QED) is 0.809. The number of carbonyl (C=O) groups excluding carboxylic acids is 1. The zero-order chi connectivity index (χ0) is 13.5. The number of nitrogens with one attached hydrogen (secondary N) is 2. The molecule has 100 valence electrons. The molecule has 0 spiro atoms. The van der Waals surface area contributed by atoms with Crippen LogP contribution >= 0.6 is 0 Å². The lowest BCUT2D eigenvalue weighted by molar-refractivity contribution is -0.115. The van der Waals surface area contributed by atoms with Crippen LogP contribution in [0.4, 0.5) is 5.69 Å². The molecule has 18 heavy (non-hydrogen) atoms. The van der Waals surface area contributed by atoms with Gasteiger partial charge in [-0.2, -0.15) is 0 Å². The van der Waals surface area contributed by atoms with Gasteiger partial charge in [0.25, 0.3) is 0 Å². The van der Waals surface area contributed by atoms with Gasteiger partial charge in [0.1, 0.15) is 5.69 Å². The summed E-state index contributed by atoms with van der Waals surface area (Å²) in [5, 5.41) is 5.83. The topological polar surface area (TPSA) is 63.2 Å². The molecule has 5 heteroatoms. The number of ether oxygens (including phenoxy) is 1. The molecule has 0 saturated heterocycles. The molecule has 0 saturated carbocycles. The molecule has 0 fully saturated rings. The van der Waals surface area contributed by atoms with E-state index in [2.05, 4.69) is 15.6 Å². The second-order valence-corrected chi connectivity index (χ2v) is 4.61. The number of carbonyl (C=O) groups is 1. The van der Waals surface area contributed by atoms with Gasteiger partial charge in [0.2, 0.25) is 11.8 Å². The molecule has 1 aromatic rings. The Morgan fingerprint density at radius 3 is 2.72 bits per heavy atom. The van der Waals surface area contributed by atoms with Crippen LogP contribution in [-0.2, 0) is 4.79 Å². The predicted octanol–water partition coefficient (Wildman–Crippen LogP) is 1.81. The third kappa shape index (κ3) is 5.14. The molecular formula is C13H21N3O2. The fourth-order valence-corrected chi connectivity index (χ4v) is 1.29. The number of nitrogens with zero attached hydrogens (tertiary/aromatic N) is 1. The van der Waals surface area contributed by atoms with Gasteiger partial charge in [-0.1, -0.05) is 13.8 Å². The molecule has 2 N–H and O–H groups in total. The largest absolute Gasteiger partial charge is 0.473 e. The molecule has 0 atom stereocenters. The second-order valence-electron chi connectivity index (χ2n) is 4.61. The van der Waals surface area contributed by atoms with Gasteiger partial charge in [0.15, 0.2) is 0 Å². The number of pyridine rings is 1. The van der Waals surface area contributed by atoms with Crippen molar-refractivity contribution in [1.29, 1.82) is 0 Å². The van der Waals surface area contributed by atoms with Crippen molar-refractivity contribution in [3.63, 3.8) is 0 Å². The lowest BCUT2D eigenvalue weighted by Crippen LogP contribution is -2.32. The van der Waals surface area contributed by atoms with E-state index in [9.17, 15) is 4.79 Å². The zero-order valence-electron chi connectivity index (χ0n) is 11.4. The van der Waals surface area contributed by atoms with Gasteiger partial charge in [0, 0.05) is 12.2 Å². The first-order chi connectivity index (χ1) is 8.49. The molecule has 0 aliphatic heterocycles. The summed E-state index contributed by atoms with van der Waals surface area (Å²) >= 11 is 0. The van der Waals surface area contributed by atoms with Gasteiger partial charge >= 0.3 is 0 Å². The van der Waals surface area contributed by atoms with Crippen molar-refractivity contribution in [1.82, 2.24) is 10.3 Å². The summed E-state index contributed by atoms with van der Waals surface area (Å²) in [6.45, 7) is 8.09. The van der Waals surface area contributed by atoms with Crippen molar-refractivity contribution in [2.75, 3.05) is 11.9 Å². The van der Waals surface area contributed by atoms with Crippen LogP contribution in [0.2, 0.25) is 0 Å². The summed E-state index contributed by atoms with van der Waals surface area (Å²) in [7, 11) is 0. The number of aromatic nitrogens is 1. The molecule has 5 nitrogen and oxygen atoms in total.